The van der Waals surface area contributed by atoms with Crippen LogP contribution in [0.15, 0.2) is 55.0 Å². The molecule has 0 unspecified atom stereocenters. The fourth-order valence-corrected chi connectivity index (χ4v) is 3.13. The Kier molecular flexibility index (Phi) is 6.26. The number of aromatic nitrogens is 1. The van der Waals surface area contributed by atoms with Gasteiger partial charge in [-0.05, 0) is 11.1 Å². The second-order valence-electron chi connectivity index (χ2n) is 5.20. The Balaban J connectivity index is 2.07. The minimum absolute atomic E-state index is 0.115. The smallest absolute Gasteiger partial charge is 0.355 e. The molecule has 2 aromatic rings. The summed E-state index contributed by atoms with van der Waals surface area (Å²) in [6.45, 7) is 10.0. The second-order valence-corrected chi connectivity index (χ2v) is 6.14. The van der Waals surface area contributed by atoms with E-state index in [-0.39, 0.29) is 5.69 Å². The Hall–Kier alpha value is -2.24. The molecule has 5 heteroatoms. The number of hydrogen-bond acceptors (Lipinski definition) is 4. The lowest BCUT2D eigenvalue weighted by molar-refractivity contribution is 0.0691. The lowest BCUT2D eigenvalue weighted by atomic mass is 10.1. The number of rotatable bonds is 9. The van der Waals surface area contributed by atoms with Crippen molar-refractivity contribution in [1.82, 2.24) is 9.88 Å². The molecule has 120 valence electrons. The monoisotopic (exact) mass is 328 g/mol. The van der Waals surface area contributed by atoms with Gasteiger partial charge in [-0.15, -0.1) is 24.5 Å². The molecule has 0 atom stereocenters. The standard InChI is InChI=1S/C18H20N2O2S/c1-3-8-20(9-4-2)12-15-7-5-6-14(10-15)11-17-19-16(13-23-17)18(21)22/h3-7,10,13H,1-2,8-9,11-12H2,(H,21,22). The molecular weight excluding hydrogens is 308 g/mol. The number of nitrogens with zero attached hydrogens (tertiary/aromatic N) is 2. The van der Waals surface area contributed by atoms with Crippen LogP contribution in [-0.4, -0.2) is 34.0 Å². The average molecular weight is 328 g/mol. The van der Waals surface area contributed by atoms with E-state index in [2.05, 4.69) is 35.2 Å². The molecule has 0 fully saturated rings. The van der Waals surface area contributed by atoms with Crippen LogP contribution in [0.25, 0.3) is 0 Å². The van der Waals surface area contributed by atoms with Gasteiger partial charge in [0.05, 0.1) is 5.01 Å². The van der Waals surface area contributed by atoms with Crippen LogP contribution in [0.2, 0.25) is 0 Å². The topological polar surface area (TPSA) is 53.4 Å². The summed E-state index contributed by atoms with van der Waals surface area (Å²) in [5.74, 6) is -0.981. The van der Waals surface area contributed by atoms with E-state index < -0.39 is 5.97 Å². The van der Waals surface area contributed by atoms with Crippen LogP contribution < -0.4 is 0 Å². The molecule has 4 nitrogen and oxygen atoms in total. The maximum Gasteiger partial charge on any atom is 0.355 e. The fraction of sp³-hybridized carbons (Fsp3) is 0.222. The molecule has 0 radical (unpaired) electrons. The summed E-state index contributed by atoms with van der Waals surface area (Å²) in [4.78, 5) is 17.3. The van der Waals surface area contributed by atoms with Gasteiger partial charge in [0.15, 0.2) is 5.69 Å². The first-order valence-electron chi connectivity index (χ1n) is 7.32. The molecule has 1 aromatic carbocycles. The minimum atomic E-state index is -0.981. The van der Waals surface area contributed by atoms with Gasteiger partial charge >= 0.3 is 5.97 Å². The van der Waals surface area contributed by atoms with Gasteiger partial charge in [-0.25, -0.2) is 9.78 Å². The van der Waals surface area contributed by atoms with Crippen LogP contribution in [0.1, 0.15) is 26.6 Å². The maximum atomic E-state index is 10.9. The zero-order chi connectivity index (χ0) is 16.7. The molecular formula is C18H20N2O2S. The van der Waals surface area contributed by atoms with Crippen molar-refractivity contribution in [2.75, 3.05) is 13.1 Å². The predicted molar refractivity (Wildman–Crippen MR) is 94.0 cm³/mol. The zero-order valence-electron chi connectivity index (χ0n) is 12.9. The summed E-state index contributed by atoms with van der Waals surface area (Å²) in [6.07, 6.45) is 4.42. The minimum Gasteiger partial charge on any atom is -0.476 e. The highest BCUT2D eigenvalue weighted by Gasteiger charge is 2.09. The lowest BCUT2D eigenvalue weighted by Crippen LogP contribution is -2.23. The van der Waals surface area contributed by atoms with Crippen LogP contribution in [-0.2, 0) is 13.0 Å². The molecule has 1 heterocycles. The molecule has 0 saturated carbocycles. The van der Waals surface area contributed by atoms with E-state index in [0.717, 1.165) is 30.2 Å². The van der Waals surface area contributed by atoms with Crippen LogP contribution in [0.5, 0.6) is 0 Å². The lowest BCUT2D eigenvalue weighted by Gasteiger charge is -2.19. The van der Waals surface area contributed by atoms with Crippen molar-refractivity contribution in [3.05, 3.63) is 76.8 Å². The number of hydrogen-bond donors (Lipinski definition) is 1. The zero-order valence-corrected chi connectivity index (χ0v) is 13.8. The number of thiazole rings is 1. The summed E-state index contributed by atoms with van der Waals surface area (Å²) in [5, 5.41) is 11.3. The molecule has 1 N–H and O–H groups in total. The Labute approximate surface area is 140 Å². The van der Waals surface area contributed by atoms with E-state index in [9.17, 15) is 4.79 Å². The first kappa shape index (κ1) is 17.1. The van der Waals surface area contributed by atoms with Crippen molar-refractivity contribution in [3.8, 4) is 0 Å². The summed E-state index contributed by atoms with van der Waals surface area (Å²) in [7, 11) is 0. The van der Waals surface area contributed by atoms with Gasteiger partial charge in [0.1, 0.15) is 0 Å². The fourth-order valence-electron chi connectivity index (χ4n) is 2.33. The second kappa shape index (κ2) is 8.41. The average Bonchev–Trinajstić information content (AvgIpc) is 2.97. The number of carboxylic acids is 1. The third-order valence-electron chi connectivity index (χ3n) is 3.30. The first-order chi connectivity index (χ1) is 11.1. The predicted octanol–water partition coefficient (Wildman–Crippen LogP) is 3.61. The Morgan fingerprint density at radius 2 is 1.96 bits per heavy atom. The highest BCUT2D eigenvalue weighted by Crippen LogP contribution is 2.17. The van der Waals surface area contributed by atoms with Crippen LogP contribution in [0, 0.1) is 0 Å². The molecule has 0 bridgehead atoms. The molecule has 0 spiro atoms. The molecule has 23 heavy (non-hydrogen) atoms. The quantitative estimate of drug-likeness (QED) is 0.715. The SMILES string of the molecule is C=CCN(CC=C)Cc1cccc(Cc2nc(C(=O)O)cs2)c1. The van der Waals surface area contributed by atoms with E-state index in [1.54, 1.807) is 5.38 Å². The molecule has 2 rings (SSSR count). The molecule has 0 amide bonds. The number of carbonyl (C=O) groups is 1. The summed E-state index contributed by atoms with van der Waals surface area (Å²) in [5.41, 5.74) is 2.46. The molecule has 0 aliphatic heterocycles. The number of carboxylic acid groups (broad SMARTS) is 1. The Morgan fingerprint density at radius 1 is 1.26 bits per heavy atom. The third kappa shape index (κ3) is 5.16. The molecule has 0 aliphatic rings. The van der Waals surface area contributed by atoms with Gasteiger partial charge in [-0.3, -0.25) is 4.90 Å². The third-order valence-corrected chi connectivity index (χ3v) is 4.15. The van der Waals surface area contributed by atoms with Crippen molar-refractivity contribution in [3.63, 3.8) is 0 Å². The Bertz CT molecular complexity index is 684. The number of benzene rings is 1. The maximum absolute atomic E-state index is 10.9. The summed E-state index contributed by atoms with van der Waals surface area (Å²) < 4.78 is 0. The highest BCUT2D eigenvalue weighted by molar-refractivity contribution is 7.09. The molecule has 1 aromatic heterocycles. The Morgan fingerprint density at radius 3 is 2.57 bits per heavy atom. The normalized spacial score (nSPS) is 10.7. The van der Waals surface area contributed by atoms with Crippen molar-refractivity contribution in [2.24, 2.45) is 0 Å². The van der Waals surface area contributed by atoms with Gasteiger partial charge in [-0.1, -0.05) is 36.4 Å². The van der Waals surface area contributed by atoms with E-state index in [1.807, 2.05) is 24.3 Å². The summed E-state index contributed by atoms with van der Waals surface area (Å²) >= 11 is 1.38. The van der Waals surface area contributed by atoms with Gasteiger partial charge in [-0.2, -0.15) is 0 Å². The largest absolute Gasteiger partial charge is 0.476 e. The van der Waals surface area contributed by atoms with Gasteiger partial charge in [0, 0.05) is 31.4 Å². The van der Waals surface area contributed by atoms with E-state index in [4.69, 9.17) is 5.11 Å². The molecule has 0 saturated heterocycles. The van der Waals surface area contributed by atoms with E-state index in [0.29, 0.717) is 6.42 Å². The molecule has 0 aliphatic carbocycles. The van der Waals surface area contributed by atoms with Gasteiger partial charge in [0.2, 0.25) is 0 Å². The number of aromatic carboxylic acids is 1. The van der Waals surface area contributed by atoms with Crippen molar-refractivity contribution >= 4 is 17.3 Å². The van der Waals surface area contributed by atoms with Gasteiger partial charge in [0.25, 0.3) is 0 Å². The van der Waals surface area contributed by atoms with Crippen LogP contribution in [0.3, 0.4) is 0 Å². The van der Waals surface area contributed by atoms with E-state index >= 15 is 0 Å². The van der Waals surface area contributed by atoms with Crippen LogP contribution >= 0.6 is 11.3 Å². The van der Waals surface area contributed by atoms with Gasteiger partial charge < -0.3 is 5.11 Å². The first-order valence-corrected chi connectivity index (χ1v) is 8.20. The van der Waals surface area contributed by atoms with Crippen LogP contribution in [0.4, 0.5) is 0 Å². The van der Waals surface area contributed by atoms with Crippen molar-refractivity contribution < 1.29 is 9.90 Å². The summed E-state index contributed by atoms with van der Waals surface area (Å²) in [6, 6.07) is 8.29. The van der Waals surface area contributed by atoms with E-state index in [1.165, 1.54) is 16.9 Å². The highest BCUT2D eigenvalue weighted by atomic mass is 32.1. The van der Waals surface area contributed by atoms with Crippen molar-refractivity contribution in [2.45, 2.75) is 13.0 Å². The van der Waals surface area contributed by atoms with Crippen molar-refractivity contribution in [1.29, 1.82) is 0 Å².